The summed E-state index contributed by atoms with van der Waals surface area (Å²) in [6, 6.07) is 18.2. The second kappa shape index (κ2) is 14.8. The second-order valence-corrected chi connectivity index (χ2v) is 7.60. The van der Waals surface area contributed by atoms with E-state index in [0.717, 1.165) is 44.1 Å². The van der Waals surface area contributed by atoms with Crippen molar-refractivity contribution >= 4 is 35.8 Å². The van der Waals surface area contributed by atoms with Gasteiger partial charge in [-0.3, -0.25) is 4.79 Å². The Kier molecular flexibility index (Phi) is 12.8. The lowest BCUT2D eigenvalue weighted by Crippen LogP contribution is -2.38. The van der Waals surface area contributed by atoms with Crippen molar-refractivity contribution in [3.8, 4) is 0 Å². The minimum atomic E-state index is 0. The molecule has 0 radical (unpaired) electrons. The molecule has 2 N–H and O–H groups in total. The quantitative estimate of drug-likeness (QED) is 0.211. The fourth-order valence-electron chi connectivity index (χ4n) is 3.05. The summed E-state index contributed by atoms with van der Waals surface area (Å²) in [4.78, 5) is 20.6. The number of aliphatic imine (C=N–C) groups is 1. The average molecular weight is 537 g/mol. The summed E-state index contributed by atoms with van der Waals surface area (Å²) in [5.41, 5.74) is 3.10. The van der Waals surface area contributed by atoms with Crippen molar-refractivity contribution < 1.29 is 4.79 Å². The molecule has 2 rings (SSSR count). The Morgan fingerprint density at radius 2 is 1.61 bits per heavy atom. The van der Waals surface area contributed by atoms with E-state index in [4.69, 9.17) is 0 Å². The lowest BCUT2D eigenvalue weighted by Gasteiger charge is -2.17. The number of benzene rings is 2. The minimum absolute atomic E-state index is 0. The van der Waals surface area contributed by atoms with Crippen LogP contribution in [-0.4, -0.2) is 62.4 Å². The topological polar surface area (TPSA) is 60.0 Å². The zero-order chi connectivity index (χ0) is 21.8. The van der Waals surface area contributed by atoms with Gasteiger partial charge in [-0.05, 0) is 50.2 Å². The van der Waals surface area contributed by atoms with E-state index in [1.807, 2.05) is 30.3 Å². The van der Waals surface area contributed by atoms with Crippen LogP contribution in [0, 0.1) is 0 Å². The number of halogens is 1. The molecule has 0 heterocycles. The van der Waals surface area contributed by atoms with E-state index < -0.39 is 0 Å². The molecular weight excluding hydrogens is 501 g/mol. The zero-order valence-electron chi connectivity index (χ0n) is 19.1. The monoisotopic (exact) mass is 537 g/mol. The number of nitrogens with zero attached hydrogens (tertiary/aromatic N) is 3. The van der Waals surface area contributed by atoms with Gasteiger partial charge in [-0.1, -0.05) is 42.5 Å². The van der Waals surface area contributed by atoms with Crippen molar-refractivity contribution in [3.63, 3.8) is 0 Å². The van der Waals surface area contributed by atoms with Gasteiger partial charge in [0, 0.05) is 39.3 Å². The maximum absolute atomic E-state index is 12.0. The van der Waals surface area contributed by atoms with E-state index in [1.54, 1.807) is 19.0 Å². The van der Waals surface area contributed by atoms with Gasteiger partial charge in [0.05, 0.1) is 6.54 Å². The van der Waals surface area contributed by atoms with Crippen LogP contribution in [0.25, 0.3) is 0 Å². The average Bonchev–Trinajstić information content (AvgIpc) is 2.75. The largest absolute Gasteiger partial charge is 0.357 e. The normalized spacial score (nSPS) is 11.1. The molecule has 0 fully saturated rings. The highest BCUT2D eigenvalue weighted by molar-refractivity contribution is 14.0. The van der Waals surface area contributed by atoms with Gasteiger partial charge < -0.3 is 20.4 Å². The number of amides is 1. The summed E-state index contributed by atoms with van der Waals surface area (Å²) in [5, 5.41) is 6.70. The standard InChI is InChI=1S/C24H35N5O.HI/c1-5-25-24(26-16-9-17-29(4)19-21-10-7-6-8-11-21)27-18-20-12-14-22(15-13-20)23(30)28(2)3;/h6-8,10-15H,5,9,16-19H2,1-4H3,(H2,25,26,27);1H. The van der Waals surface area contributed by atoms with Gasteiger partial charge in [0.1, 0.15) is 0 Å². The van der Waals surface area contributed by atoms with E-state index >= 15 is 0 Å². The van der Waals surface area contributed by atoms with Crippen molar-refractivity contribution in [2.45, 2.75) is 26.4 Å². The van der Waals surface area contributed by atoms with E-state index in [0.29, 0.717) is 12.1 Å². The third-order valence-electron chi connectivity index (χ3n) is 4.68. The van der Waals surface area contributed by atoms with Gasteiger partial charge in [0.15, 0.2) is 5.96 Å². The summed E-state index contributed by atoms with van der Waals surface area (Å²) in [5.74, 6) is 0.828. The van der Waals surface area contributed by atoms with Crippen molar-refractivity contribution in [3.05, 3.63) is 71.3 Å². The van der Waals surface area contributed by atoms with E-state index in [2.05, 4.69) is 58.8 Å². The first-order valence-electron chi connectivity index (χ1n) is 10.5. The van der Waals surface area contributed by atoms with Crippen LogP contribution in [-0.2, 0) is 13.1 Å². The summed E-state index contributed by atoms with van der Waals surface area (Å²) in [7, 11) is 5.67. The van der Waals surface area contributed by atoms with Crippen molar-refractivity contribution in [1.29, 1.82) is 0 Å². The molecule has 0 aliphatic carbocycles. The van der Waals surface area contributed by atoms with Crippen molar-refractivity contribution in [1.82, 2.24) is 20.4 Å². The molecule has 0 spiro atoms. The maximum Gasteiger partial charge on any atom is 0.253 e. The van der Waals surface area contributed by atoms with Crippen LogP contribution in [0.4, 0.5) is 0 Å². The minimum Gasteiger partial charge on any atom is -0.357 e. The molecule has 170 valence electrons. The lowest BCUT2D eigenvalue weighted by molar-refractivity contribution is 0.0827. The van der Waals surface area contributed by atoms with Gasteiger partial charge in [0.2, 0.25) is 0 Å². The van der Waals surface area contributed by atoms with Crippen molar-refractivity contribution in [2.24, 2.45) is 4.99 Å². The van der Waals surface area contributed by atoms with Crippen LogP contribution < -0.4 is 10.6 Å². The summed E-state index contributed by atoms with van der Waals surface area (Å²) >= 11 is 0. The molecule has 6 nitrogen and oxygen atoms in total. The first kappa shape index (κ1) is 26.9. The number of hydrogen-bond donors (Lipinski definition) is 2. The molecule has 2 aromatic carbocycles. The molecule has 0 saturated carbocycles. The van der Waals surface area contributed by atoms with Gasteiger partial charge in [-0.2, -0.15) is 0 Å². The molecule has 0 unspecified atom stereocenters. The molecule has 0 aliphatic heterocycles. The predicted molar refractivity (Wildman–Crippen MR) is 140 cm³/mol. The van der Waals surface area contributed by atoms with E-state index in [1.165, 1.54) is 5.56 Å². The number of guanidine groups is 1. The Morgan fingerprint density at radius 3 is 2.23 bits per heavy atom. The number of carbonyl (C=O) groups excluding carboxylic acids is 1. The third-order valence-corrected chi connectivity index (χ3v) is 4.68. The van der Waals surface area contributed by atoms with Gasteiger partial charge >= 0.3 is 0 Å². The summed E-state index contributed by atoms with van der Waals surface area (Å²) in [6.45, 7) is 6.29. The van der Waals surface area contributed by atoms with Crippen LogP contribution in [0.5, 0.6) is 0 Å². The number of nitrogens with one attached hydrogen (secondary N) is 2. The highest BCUT2D eigenvalue weighted by atomic mass is 127. The fourth-order valence-corrected chi connectivity index (χ4v) is 3.05. The Labute approximate surface area is 204 Å². The molecule has 2 aromatic rings. The van der Waals surface area contributed by atoms with E-state index in [-0.39, 0.29) is 29.9 Å². The van der Waals surface area contributed by atoms with Crippen LogP contribution in [0.3, 0.4) is 0 Å². The number of rotatable bonds is 10. The van der Waals surface area contributed by atoms with Gasteiger partial charge in [0.25, 0.3) is 5.91 Å². The Morgan fingerprint density at radius 1 is 0.935 bits per heavy atom. The van der Waals surface area contributed by atoms with Crippen molar-refractivity contribution in [2.75, 3.05) is 40.8 Å². The first-order valence-corrected chi connectivity index (χ1v) is 10.5. The summed E-state index contributed by atoms with van der Waals surface area (Å²) < 4.78 is 0. The molecular formula is C24H36IN5O. The van der Waals surface area contributed by atoms with Crippen LogP contribution in [0.15, 0.2) is 59.6 Å². The predicted octanol–water partition coefficient (Wildman–Crippen LogP) is 3.58. The van der Waals surface area contributed by atoms with Crippen LogP contribution in [0.2, 0.25) is 0 Å². The Balaban J connectivity index is 0.00000480. The molecule has 1 amide bonds. The fraction of sp³-hybridized carbons (Fsp3) is 0.417. The van der Waals surface area contributed by atoms with E-state index in [9.17, 15) is 4.79 Å². The molecule has 31 heavy (non-hydrogen) atoms. The van der Waals surface area contributed by atoms with Crippen LogP contribution >= 0.6 is 24.0 Å². The Hall–Kier alpha value is -2.13. The van der Waals surface area contributed by atoms with Crippen LogP contribution in [0.1, 0.15) is 34.8 Å². The molecule has 0 atom stereocenters. The SMILES string of the molecule is CCNC(=NCc1ccc(C(=O)N(C)C)cc1)NCCCN(C)Cc1ccccc1.I. The number of carbonyl (C=O) groups is 1. The summed E-state index contributed by atoms with van der Waals surface area (Å²) in [6.07, 6.45) is 1.04. The number of hydrogen-bond acceptors (Lipinski definition) is 3. The highest BCUT2D eigenvalue weighted by Gasteiger charge is 2.07. The zero-order valence-corrected chi connectivity index (χ0v) is 21.4. The second-order valence-electron chi connectivity index (χ2n) is 7.60. The maximum atomic E-state index is 12.0. The van der Waals surface area contributed by atoms with Gasteiger partial charge in [-0.25, -0.2) is 4.99 Å². The smallest absolute Gasteiger partial charge is 0.253 e. The molecule has 0 aliphatic rings. The molecule has 0 bridgehead atoms. The molecule has 0 saturated heterocycles. The third kappa shape index (κ3) is 10.1. The molecule has 0 aromatic heterocycles. The first-order chi connectivity index (χ1) is 14.5. The molecule has 7 heteroatoms. The van der Waals surface area contributed by atoms with Gasteiger partial charge in [-0.15, -0.1) is 24.0 Å². The highest BCUT2D eigenvalue weighted by Crippen LogP contribution is 2.07. The Bertz CT molecular complexity index is 793. The lowest BCUT2D eigenvalue weighted by atomic mass is 10.1.